The lowest BCUT2D eigenvalue weighted by molar-refractivity contribution is -0.116. The van der Waals surface area contributed by atoms with Gasteiger partial charge in [0.2, 0.25) is 5.91 Å². The molecule has 0 bridgehead atoms. The fourth-order valence-electron chi connectivity index (χ4n) is 5.03. The molecular formula is C26H24N2O4S. The Kier molecular flexibility index (Phi) is 4.87. The van der Waals surface area contributed by atoms with Gasteiger partial charge in [0.25, 0.3) is 5.91 Å². The van der Waals surface area contributed by atoms with Crippen LogP contribution in [0.5, 0.6) is 11.5 Å². The van der Waals surface area contributed by atoms with Crippen molar-refractivity contribution in [1.82, 2.24) is 4.90 Å². The lowest BCUT2D eigenvalue weighted by atomic mass is 10.0. The van der Waals surface area contributed by atoms with E-state index in [9.17, 15) is 9.59 Å². The molecule has 0 spiro atoms. The monoisotopic (exact) mass is 460 g/mol. The van der Waals surface area contributed by atoms with Crippen LogP contribution in [0.15, 0.2) is 47.8 Å². The van der Waals surface area contributed by atoms with Crippen molar-refractivity contribution in [3.63, 3.8) is 0 Å². The molecule has 33 heavy (non-hydrogen) atoms. The average molecular weight is 461 g/mol. The van der Waals surface area contributed by atoms with Crippen LogP contribution in [0.4, 0.5) is 5.69 Å². The van der Waals surface area contributed by atoms with Gasteiger partial charge in [0.1, 0.15) is 24.2 Å². The Morgan fingerprint density at radius 1 is 1.15 bits per heavy atom. The van der Waals surface area contributed by atoms with E-state index in [1.54, 1.807) is 11.3 Å². The zero-order valence-electron chi connectivity index (χ0n) is 18.3. The highest BCUT2D eigenvalue weighted by Gasteiger charge is 2.41. The van der Waals surface area contributed by atoms with E-state index in [2.05, 4.69) is 11.4 Å². The number of aryl methyl sites for hydroxylation is 2. The van der Waals surface area contributed by atoms with Crippen molar-refractivity contribution in [2.24, 2.45) is 0 Å². The Bertz CT molecular complexity index is 1250. The molecule has 2 aromatic carbocycles. The van der Waals surface area contributed by atoms with Crippen LogP contribution in [0.2, 0.25) is 0 Å². The first kappa shape index (κ1) is 20.3. The minimum atomic E-state index is -0.128. The van der Waals surface area contributed by atoms with Gasteiger partial charge in [-0.1, -0.05) is 12.1 Å². The molecule has 4 heterocycles. The molecule has 168 valence electrons. The highest BCUT2D eigenvalue weighted by molar-refractivity contribution is 7.13. The van der Waals surface area contributed by atoms with Crippen LogP contribution in [0.25, 0.3) is 10.4 Å². The van der Waals surface area contributed by atoms with E-state index in [0.29, 0.717) is 43.1 Å². The van der Waals surface area contributed by atoms with Crippen molar-refractivity contribution < 1.29 is 19.1 Å². The van der Waals surface area contributed by atoms with Gasteiger partial charge in [0.05, 0.1) is 18.2 Å². The summed E-state index contributed by atoms with van der Waals surface area (Å²) in [5, 5.41) is 4.95. The second kappa shape index (κ2) is 7.92. The molecule has 3 aliphatic heterocycles. The molecule has 0 saturated carbocycles. The van der Waals surface area contributed by atoms with Crippen LogP contribution in [-0.4, -0.2) is 42.0 Å². The number of thiophene rings is 1. The summed E-state index contributed by atoms with van der Waals surface area (Å²) in [6.45, 7) is 2.99. The lowest BCUT2D eigenvalue weighted by Crippen LogP contribution is -2.37. The highest BCUT2D eigenvalue weighted by atomic mass is 32.1. The molecule has 6 rings (SSSR count). The lowest BCUT2D eigenvalue weighted by Gasteiger charge is -2.21. The van der Waals surface area contributed by atoms with E-state index in [-0.39, 0.29) is 24.0 Å². The summed E-state index contributed by atoms with van der Waals surface area (Å²) >= 11 is 1.62. The van der Waals surface area contributed by atoms with Crippen LogP contribution in [0.3, 0.4) is 0 Å². The smallest absolute Gasteiger partial charge is 0.258 e. The molecule has 1 saturated heterocycles. The first-order valence-electron chi connectivity index (χ1n) is 11.3. The number of hydrogen-bond donors (Lipinski definition) is 1. The van der Waals surface area contributed by atoms with Crippen LogP contribution in [-0.2, 0) is 11.2 Å². The summed E-state index contributed by atoms with van der Waals surface area (Å²) in [6, 6.07) is 13.9. The third kappa shape index (κ3) is 3.66. The number of carbonyl (C=O) groups is 2. The number of ether oxygens (including phenoxy) is 2. The zero-order chi connectivity index (χ0) is 22.5. The Balaban J connectivity index is 1.26. The molecule has 2 atom stereocenters. The fraction of sp³-hybridized carbons (Fsp3) is 0.308. The van der Waals surface area contributed by atoms with E-state index < -0.39 is 0 Å². The molecule has 3 aromatic rings. The molecule has 0 aliphatic carbocycles. The van der Waals surface area contributed by atoms with Gasteiger partial charge in [0.15, 0.2) is 0 Å². The molecule has 6 nitrogen and oxygen atoms in total. The molecule has 3 aliphatic rings. The zero-order valence-corrected chi connectivity index (χ0v) is 19.1. The van der Waals surface area contributed by atoms with E-state index >= 15 is 0 Å². The highest BCUT2D eigenvalue weighted by Crippen LogP contribution is 2.39. The second-order valence-corrected chi connectivity index (χ2v) is 9.88. The van der Waals surface area contributed by atoms with Crippen molar-refractivity contribution in [1.29, 1.82) is 0 Å². The van der Waals surface area contributed by atoms with Gasteiger partial charge in [-0.05, 0) is 54.1 Å². The van der Waals surface area contributed by atoms with Gasteiger partial charge in [-0.2, -0.15) is 0 Å². The first-order valence-corrected chi connectivity index (χ1v) is 12.1. The third-order valence-electron chi connectivity index (χ3n) is 6.59. The maximum atomic E-state index is 13.7. The van der Waals surface area contributed by atoms with Gasteiger partial charge < -0.3 is 19.7 Å². The van der Waals surface area contributed by atoms with Gasteiger partial charge in [0, 0.05) is 35.0 Å². The summed E-state index contributed by atoms with van der Waals surface area (Å²) in [7, 11) is 0. The summed E-state index contributed by atoms with van der Waals surface area (Å²) < 4.78 is 12.4. The van der Waals surface area contributed by atoms with Gasteiger partial charge >= 0.3 is 0 Å². The fourth-order valence-corrected chi connectivity index (χ4v) is 5.77. The van der Waals surface area contributed by atoms with Crippen molar-refractivity contribution in [3.8, 4) is 21.9 Å². The minimum Gasteiger partial charge on any atom is -0.491 e. The normalized spacial score (nSPS) is 21.4. The maximum Gasteiger partial charge on any atom is 0.258 e. The van der Waals surface area contributed by atoms with Gasteiger partial charge in [-0.25, -0.2) is 0 Å². The topological polar surface area (TPSA) is 67.9 Å². The van der Waals surface area contributed by atoms with Gasteiger partial charge in [-0.3, -0.25) is 9.59 Å². The number of carbonyl (C=O) groups excluding carboxylic acids is 2. The molecular weight excluding hydrogens is 436 g/mol. The molecule has 1 fully saturated rings. The third-order valence-corrected chi connectivity index (χ3v) is 7.50. The number of rotatable bonds is 3. The van der Waals surface area contributed by atoms with Crippen LogP contribution >= 0.6 is 11.3 Å². The standard InChI is InChI=1S/C26H24N2O4S/c1-15-9-20(23-3-2-8-33-23)25-22(10-15)31-14-17-11-19(13-28(17)26(25)30)32-18-6-4-16-5-7-24(29)27-21(16)12-18/h2-4,6,8-10,12,17,19H,5,7,11,13-14H2,1H3,(H,27,29)/t17-,19+/m1/s1. The molecule has 0 unspecified atom stereocenters. The largest absolute Gasteiger partial charge is 0.491 e. The number of nitrogens with one attached hydrogen (secondary N) is 1. The second-order valence-electron chi connectivity index (χ2n) is 8.93. The maximum absolute atomic E-state index is 13.7. The van der Waals surface area contributed by atoms with E-state index in [1.807, 2.05) is 53.6 Å². The van der Waals surface area contributed by atoms with E-state index in [0.717, 1.165) is 33.7 Å². The van der Waals surface area contributed by atoms with Crippen LogP contribution in [0.1, 0.15) is 34.3 Å². The Labute approximate surface area is 196 Å². The minimum absolute atomic E-state index is 0.000274. The number of nitrogens with zero attached hydrogens (tertiary/aromatic N) is 1. The molecule has 2 amide bonds. The first-order chi connectivity index (χ1) is 16.0. The number of amides is 2. The number of benzene rings is 2. The summed E-state index contributed by atoms with van der Waals surface area (Å²) in [6.07, 6.45) is 1.84. The van der Waals surface area contributed by atoms with Crippen molar-refractivity contribution >= 4 is 28.8 Å². The molecule has 0 radical (unpaired) electrons. The van der Waals surface area contributed by atoms with E-state index in [1.165, 1.54) is 0 Å². The molecule has 1 N–H and O–H groups in total. The Morgan fingerprint density at radius 2 is 2.06 bits per heavy atom. The SMILES string of the molecule is Cc1cc2c(c(-c3cccs3)c1)C(=O)N1C[C@@H](Oc3ccc4c(c3)NC(=O)CC4)C[C@@H]1CO2. The van der Waals surface area contributed by atoms with Crippen molar-refractivity contribution in [2.75, 3.05) is 18.5 Å². The Hall–Kier alpha value is -3.32. The summed E-state index contributed by atoms with van der Waals surface area (Å²) in [4.78, 5) is 28.4. The predicted octanol–water partition coefficient (Wildman–Crippen LogP) is 4.66. The number of anilines is 1. The Morgan fingerprint density at radius 3 is 2.91 bits per heavy atom. The van der Waals surface area contributed by atoms with Crippen LogP contribution < -0.4 is 14.8 Å². The molecule has 1 aromatic heterocycles. The van der Waals surface area contributed by atoms with Crippen molar-refractivity contribution in [3.05, 3.63) is 64.5 Å². The average Bonchev–Trinajstić information content (AvgIpc) is 3.44. The van der Waals surface area contributed by atoms with Crippen molar-refractivity contribution in [2.45, 2.75) is 38.3 Å². The summed E-state index contributed by atoms with van der Waals surface area (Å²) in [5.74, 6) is 1.41. The van der Waals surface area contributed by atoms with Crippen LogP contribution in [0, 0.1) is 6.92 Å². The number of hydrogen-bond acceptors (Lipinski definition) is 5. The predicted molar refractivity (Wildman–Crippen MR) is 127 cm³/mol. The quantitative estimate of drug-likeness (QED) is 0.617. The number of fused-ring (bicyclic) bond motifs is 3. The molecule has 7 heteroatoms. The van der Waals surface area contributed by atoms with Gasteiger partial charge in [-0.15, -0.1) is 11.3 Å². The van der Waals surface area contributed by atoms with E-state index in [4.69, 9.17) is 9.47 Å². The summed E-state index contributed by atoms with van der Waals surface area (Å²) in [5.41, 5.74) is 4.59.